The lowest BCUT2D eigenvalue weighted by atomic mass is 10.1. The standard InChI is InChI=1S/C21H22F2N2O.C2HF3O2/c1-3-4-8-19-21(17-7-5-6-9-20(17)26-2)24-14-25(19)13-15-10-11-16(22)12-18(15)23;3-2(4,5)1(6)7/h5-7,9-12,14H,3-4,8,13H2,1-2H3;(H,6,7). The van der Waals surface area contributed by atoms with Crippen LogP contribution >= 0.6 is 0 Å². The minimum Gasteiger partial charge on any atom is -0.496 e. The van der Waals surface area contributed by atoms with Crippen molar-refractivity contribution in [2.24, 2.45) is 0 Å². The molecule has 178 valence electrons. The topological polar surface area (TPSA) is 64.4 Å². The predicted octanol–water partition coefficient (Wildman–Crippen LogP) is 5.86. The van der Waals surface area contributed by atoms with E-state index < -0.39 is 23.8 Å². The monoisotopic (exact) mass is 470 g/mol. The minimum absolute atomic E-state index is 0.313. The quantitative estimate of drug-likeness (QED) is 0.440. The Morgan fingerprint density at radius 3 is 2.39 bits per heavy atom. The van der Waals surface area contributed by atoms with Crippen LogP contribution < -0.4 is 4.74 Å². The Balaban J connectivity index is 0.000000479. The molecule has 2 aromatic carbocycles. The van der Waals surface area contributed by atoms with Gasteiger partial charge in [0.05, 0.1) is 25.7 Å². The summed E-state index contributed by atoms with van der Waals surface area (Å²) in [7, 11) is 1.63. The molecule has 3 rings (SSSR count). The van der Waals surface area contributed by atoms with Crippen LogP contribution in [-0.2, 0) is 17.8 Å². The van der Waals surface area contributed by atoms with E-state index in [-0.39, 0.29) is 0 Å². The number of halogens is 5. The van der Waals surface area contributed by atoms with Gasteiger partial charge in [0, 0.05) is 22.9 Å². The van der Waals surface area contributed by atoms with Crippen molar-refractivity contribution in [1.29, 1.82) is 0 Å². The Hall–Kier alpha value is -3.43. The molecule has 0 aliphatic rings. The first kappa shape index (κ1) is 25.8. The SMILES string of the molecule is CCCCc1c(-c2ccccc2OC)ncn1Cc1ccc(F)cc1F.O=C(O)C(F)(F)F. The van der Waals surface area contributed by atoms with Crippen molar-refractivity contribution in [3.63, 3.8) is 0 Å². The molecule has 0 atom stereocenters. The largest absolute Gasteiger partial charge is 0.496 e. The normalized spacial score (nSPS) is 11.0. The third-order valence-electron chi connectivity index (χ3n) is 4.67. The van der Waals surface area contributed by atoms with Crippen molar-refractivity contribution in [3.8, 4) is 17.0 Å². The van der Waals surface area contributed by atoms with E-state index in [1.54, 1.807) is 13.4 Å². The van der Waals surface area contributed by atoms with Crippen LogP contribution in [0.5, 0.6) is 5.75 Å². The number of carboxylic acid groups (broad SMARTS) is 1. The van der Waals surface area contributed by atoms with Gasteiger partial charge in [-0.2, -0.15) is 13.2 Å². The fraction of sp³-hybridized carbons (Fsp3) is 0.304. The number of rotatable bonds is 7. The lowest BCUT2D eigenvalue weighted by Gasteiger charge is -2.12. The van der Waals surface area contributed by atoms with Crippen molar-refractivity contribution < 1.29 is 36.6 Å². The highest BCUT2D eigenvalue weighted by atomic mass is 19.4. The zero-order chi connectivity index (χ0) is 24.6. The lowest BCUT2D eigenvalue weighted by molar-refractivity contribution is -0.192. The number of hydrogen-bond acceptors (Lipinski definition) is 3. The average Bonchev–Trinajstić information content (AvgIpc) is 3.16. The fourth-order valence-electron chi connectivity index (χ4n) is 3.05. The molecule has 3 aromatic rings. The maximum atomic E-state index is 14.1. The number of benzene rings is 2. The second-order valence-electron chi connectivity index (χ2n) is 7.01. The molecule has 10 heteroatoms. The third kappa shape index (κ3) is 7.03. The van der Waals surface area contributed by atoms with Crippen LogP contribution in [0.3, 0.4) is 0 Å². The number of hydrogen-bond donors (Lipinski definition) is 1. The molecule has 0 aliphatic carbocycles. The van der Waals surface area contributed by atoms with Crippen LogP contribution in [0, 0.1) is 11.6 Å². The van der Waals surface area contributed by atoms with E-state index in [9.17, 15) is 22.0 Å². The van der Waals surface area contributed by atoms with Crippen LogP contribution in [-0.4, -0.2) is 33.9 Å². The Morgan fingerprint density at radius 2 is 1.82 bits per heavy atom. The molecule has 0 aliphatic heterocycles. The van der Waals surface area contributed by atoms with Crippen LogP contribution in [0.25, 0.3) is 11.3 Å². The molecule has 1 N–H and O–H groups in total. The second-order valence-corrected chi connectivity index (χ2v) is 7.01. The molecule has 0 saturated carbocycles. The van der Waals surface area contributed by atoms with Crippen molar-refractivity contribution >= 4 is 5.97 Å². The summed E-state index contributed by atoms with van der Waals surface area (Å²) in [4.78, 5) is 13.5. The molecule has 0 fully saturated rings. The van der Waals surface area contributed by atoms with Gasteiger partial charge < -0.3 is 14.4 Å². The molecule has 33 heavy (non-hydrogen) atoms. The smallest absolute Gasteiger partial charge is 0.490 e. The summed E-state index contributed by atoms with van der Waals surface area (Å²) in [5.74, 6) is -3.12. The molecule has 5 nitrogen and oxygen atoms in total. The van der Waals surface area contributed by atoms with Gasteiger partial charge in [0.2, 0.25) is 0 Å². The van der Waals surface area contributed by atoms with Gasteiger partial charge in [0.15, 0.2) is 0 Å². The number of carbonyl (C=O) groups is 1. The summed E-state index contributed by atoms with van der Waals surface area (Å²) in [5.41, 5.74) is 3.23. The van der Waals surface area contributed by atoms with Gasteiger partial charge in [0.1, 0.15) is 17.4 Å². The van der Waals surface area contributed by atoms with Crippen LogP contribution in [0.2, 0.25) is 0 Å². The lowest BCUT2D eigenvalue weighted by Crippen LogP contribution is -2.21. The van der Waals surface area contributed by atoms with Crippen molar-refractivity contribution in [2.75, 3.05) is 7.11 Å². The zero-order valence-electron chi connectivity index (χ0n) is 18.0. The first-order valence-electron chi connectivity index (χ1n) is 9.99. The van der Waals surface area contributed by atoms with Crippen LogP contribution in [0.15, 0.2) is 48.8 Å². The number of unbranched alkanes of at least 4 members (excludes halogenated alkanes) is 1. The van der Waals surface area contributed by atoms with Crippen molar-refractivity contribution in [1.82, 2.24) is 9.55 Å². The van der Waals surface area contributed by atoms with E-state index in [0.717, 1.165) is 48.0 Å². The van der Waals surface area contributed by atoms with Gasteiger partial charge in [-0.05, 0) is 31.0 Å². The number of aromatic nitrogens is 2. The van der Waals surface area contributed by atoms with Gasteiger partial charge in [-0.15, -0.1) is 0 Å². The van der Waals surface area contributed by atoms with Gasteiger partial charge >= 0.3 is 12.1 Å². The van der Waals surface area contributed by atoms with Gasteiger partial charge in [-0.3, -0.25) is 0 Å². The third-order valence-corrected chi connectivity index (χ3v) is 4.67. The number of ether oxygens (including phenoxy) is 1. The second kappa shape index (κ2) is 11.4. The molecule has 0 unspecified atom stereocenters. The summed E-state index contributed by atoms with van der Waals surface area (Å²) in [6.07, 6.45) is -0.497. The summed E-state index contributed by atoms with van der Waals surface area (Å²) in [6, 6.07) is 11.4. The van der Waals surface area contributed by atoms with Crippen LogP contribution in [0.1, 0.15) is 31.0 Å². The number of nitrogens with zero attached hydrogens (tertiary/aromatic N) is 2. The van der Waals surface area contributed by atoms with E-state index in [2.05, 4.69) is 11.9 Å². The summed E-state index contributed by atoms with van der Waals surface area (Å²) in [6.45, 7) is 2.44. The zero-order valence-corrected chi connectivity index (χ0v) is 18.0. The number of para-hydroxylation sites is 1. The van der Waals surface area contributed by atoms with Crippen LogP contribution in [0.4, 0.5) is 22.0 Å². The number of methoxy groups -OCH3 is 1. The molecule has 1 aromatic heterocycles. The van der Waals surface area contributed by atoms with E-state index in [1.807, 2.05) is 28.8 Å². The van der Waals surface area contributed by atoms with Gasteiger partial charge in [-0.1, -0.05) is 31.5 Å². The number of aliphatic carboxylic acids is 1. The van der Waals surface area contributed by atoms with E-state index in [0.29, 0.717) is 12.1 Å². The Morgan fingerprint density at radius 1 is 1.15 bits per heavy atom. The maximum absolute atomic E-state index is 14.1. The molecule has 0 saturated heterocycles. The van der Waals surface area contributed by atoms with E-state index in [4.69, 9.17) is 14.6 Å². The average molecular weight is 470 g/mol. The highest BCUT2D eigenvalue weighted by Crippen LogP contribution is 2.32. The molecular weight excluding hydrogens is 447 g/mol. The van der Waals surface area contributed by atoms with Crippen molar-refractivity contribution in [3.05, 3.63) is 71.7 Å². The highest BCUT2D eigenvalue weighted by molar-refractivity contribution is 5.73. The summed E-state index contributed by atoms with van der Waals surface area (Å²) < 4.78 is 66.4. The minimum atomic E-state index is -5.08. The fourth-order valence-corrected chi connectivity index (χ4v) is 3.05. The Bertz CT molecular complexity index is 1080. The summed E-state index contributed by atoms with van der Waals surface area (Å²) in [5, 5.41) is 7.12. The first-order chi connectivity index (χ1) is 15.6. The van der Waals surface area contributed by atoms with Gasteiger partial charge in [-0.25, -0.2) is 18.6 Å². The molecule has 0 bridgehead atoms. The number of carboxylic acids is 1. The highest BCUT2D eigenvalue weighted by Gasteiger charge is 2.38. The summed E-state index contributed by atoms with van der Waals surface area (Å²) >= 11 is 0. The molecule has 1 heterocycles. The molecular formula is C23H23F5N2O3. The maximum Gasteiger partial charge on any atom is 0.490 e. The predicted molar refractivity (Wildman–Crippen MR) is 112 cm³/mol. The van der Waals surface area contributed by atoms with Crippen molar-refractivity contribution in [2.45, 2.75) is 38.9 Å². The molecule has 0 amide bonds. The number of imidazole rings is 1. The molecule has 0 radical (unpaired) electrons. The molecule has 0 spiro atoms. The Kier molecular flexibility index (Phi) is 8.95. The van der Waals surface area contributed by atoms with E-state index in [1.165, 1.54) is 12.1 Å². The Labute approximate surface area is 187 Å². The van der Waals surface area contributed by atoms with E-state index >= 15 is 0 Å². The first-order valence-corrected chi connectivity index (χ1v) is 9.99. The number of alkyl halides is 3. The van der Waals surface area contributed by atoms with Gasteiger partial charge in [0.25, 0.3) is 0 Å².